The Kier molecular flexibility index (Phi) is 4.96. The van der Waals surface area contributed by atoms with Crippen molar-refractivity contribution in [2.45, 2.75) is 32.0 Å². The summed E-state index contributed by atoms with van der Waals surface area (Å²) in [5.74, 6) is -0.312. The van der Waals surface area contributed by atoms with Gasteiger partial charge >= 0.3 is 0 Å². The lowest BCUT2D eigenvalue weighted by Crippen LogP contribution is -2.26. The molecule has 0 spiro atoms. The number of carbonyl (C=O) groups excluding carboxylic acids is 1. The first-order valence-corrected chi connectivity index (χ1v) is 9.21. The van der Waals surface area contributed by atoms with Gasteiger partial charge in [-0.2, -0.15) is 5.10 Å². The summed E-state index contributed by atoms with van der Waals surface area (Å²) in [5.41, 5.74) is 1.60. The van der Waals surface area contributed by atoms with Crippen LogP contribution in [0.15, 0.2) is 41.5 Å². The Morgan fingerprint density at radius 2 is 2.22 bits per heavy atom. The van der Waals surface area contributed by atoms with E-state index in [2.05, 4.69) is 15.5 Å². The molecule has 0 aromatic heterocycles. The average molecular weight is 387 g/mol. The highest BCUT2D eigenvalue weighted by molar-refractivity contribution is 6.31. The van der Waals surface area contributed by atoms with Crippen molar-refractivity contribution in [3.8, 4) is 11.3 Å². The van der Waals surface area contributed by atoms with Crippen LogP contribution in [0.1, 0.15) is 28.8 Å². The number of nitrogens with one attached hydrogen (secondary N) is 2. The maximum atomic E-state index is 12.8. The molecule has 1 aromatic rings. The molecule has 1 amide bonds. The first-order chi connectivity index (χ1) is 13.1. The van der Waals surface area contributed by atoms with Gasteiger partial charge < -0.3 is 14.6 Å². The van der Waals surface area contributed by atoms with Crippen molar-refractivity contribution in [1.82, 2.24) is 20.1 Å². The third kappa shape index (κ3) is 3.74. The van der Waals surface area contributed by atoms with Crippen molar-refractivity contribution in [3.05, 3.63) is 63.2 Å². The number of H-pyrrole nitrogens is 1. The van der Waals surface area contributed by atoms with Crippen molar-refractivity contribution in [2.75, 3.05) is 6.61 Å². The Morgan fingerprint density at radius 1 is 1.37 bits per heavy atom. The summed E-state index contributed by atoms with van der Waals surface area (Å²) >= 11 is 6.14. The largest absolute Gasteiger partial charge is 0.376 e. The van der Waals surface area contributed by atoms with Crippen LogP contribution in [0.4, 0.5) is 0 Å². The molecule has 4 rings (SSSR count). The standard InChI is InChI=1S/C19H19ClN4O3/c20-16-6-2-1-4-12(16)8-21-18(25)14-10-24(9-13-5-3-7-27-13)11-15-17(14)22-23-19(15)26/h1-2,4,6,10-11,13H,3,5,7-9H2,(H,21,25)(H,23,26). The number of rotatable bonds is 5. The molecular weight excluding hydrogens is 368 g/mol. The molecule has 3 aliphatic rings. The summed E-state index contributed by atoms with van der Waals surface area (Å²) in [4.78, 5) is 24.8. The monoisotopic (exact) mass is 386 g/mol. The number of ether oxygens (including phenoxy) is 1. The number of amides is 1. The summed E-state index contributed by atoms with van der Waals surface area (Å²) in [6.45, 7) is 1.62. The Labute approximate surface area is 160 Å². The molecule has 7 nitrogen and oxygen atoms in total. The summed E-state index contributed by atoms with van der Waals surface area (Å²) in [6, 6.07) is 7.32. The zero-order valence-electron chi connectivity index (χ0n) is 14.6. The first-order valence-electron chi connectivity index (χ1n) is 8.83. The van der Waals surface area contributed by atoms with Gasteiger partial charge in [-0.25, -0.2) is 5.10 Å². The zero-order chi connectivity index (χ0) is 18.8. The lowest BCUT2D eigenvalue weighted by Gasteiger charge is -2.16. The smallest absolute Gasteiger partial charge is 0.275 e. The number of carbonyl (C=O) groups is 1. The number of pyridine rings is 1. The van der Waals surface area contributed by atoms with Crippen LogP contribution >= 0.6 is 11.6 Å². The van der Waals surface area contributed by atoms with E-state index >= 15 is 0 Å². The van der Waals surface area contributed by atoms with Gasteiger partial charge in [-0.05, 0) is 24.5 Å². The molecular formula is C19H19ClN4O3. The van der Waals surface area contributed by atoms with Gasteiger partial charge in [0.05, 0.1) is 17.2 Å². The van der Waals surface area contributed by atoms with E-state index in [4.69, 9.17) is 16.3 Å². The first kappa shape index (κ1) is 17.8. The van der Waals surface area contributed by atoms with E-state index in [9.17, 15) is 9.59 Å². The Hall–Kier alpha value is -2.64. The molecule has 1 aromatic carbocycles. The molecule has 3 heterocycles. The Morgan fingerprint density at radius 3 is 3.00 bits per heavy atom. The maximum Gasteiger partial charge on any atom is 0.275 e. The molecule has 1 atom stereocenters. The number of hydrogen-bond donors (Lipinski definition) is 2. The second kappa shape index (κ2) is 7.54. The number of aromatic nitrogens is 3. The van der Waals surface area contributed by atoms with E-state index < -0.39 is 0 Å². The second-order valence-corrected chi connectivity index (χ2v) is 7.00. The summed E-state index contributed by atoms with van der Waals surface area (Å²) in [6.07, 6.45) is 5.51. The number of hydrogen-bond acceptors (Lipinski definition) is 4. The van der Waals surface area contributed by atoms with Gasteiger partial charge in [-0.3, -0.25) is 9.59 Å². The van der Waals surface area contributed by atoms with Gasteiger partial charge in [0.15, 0.2) is 0 Å². The zero-order valence-corrected chi connectivity index (χ0v) is 15.3. The minimum Gasteiger partial charge on any atom is -0.376 e. The van der Waals surface area contributed by atoms with Crippen molar-refractivity contribution in [1.29, 1.82) is 0 Å². The molecule has 0 saturated carbocycles. The van der Waals surface area contributed by atoms with E-state index in [1.165, 1.54) is 0 Å². The van der Waals surface area contributed by atoms with Crippen LogP contribution in [0.2, 0.25) is 5.02 Å². The van der Waals surface area contributed by atoms with Crippen molar-refractivity contribution < 1.29 is 9.53 Å². The molecule has 1 saturated heterocycles. The lowest BCUT2D eigenvalue weighted by atomic mass is 10.1. The van der Waals surface area contributed by atoms with E-state index in [0.29, 0.717) is 28.4 Å². The van der Waals surface area contributed by atoms with Gasteiger partial charge in [-0.1, -0.05) is 29.8 Å². The van der Waals surface area contributed by atoms with E-state index in [1.54, 1.807) is 18.5 Å². The van der Waals surface area contributed by atoms with Crippen LogP contribution in [-0.2, 0) is 17.8 Å². The van der Waals surface area contributed by atoms with Crippen molar-refractivity contribution >= 4 is 17.5 Å². The minimum atomic E-state index is -0.313. The van der Waals surface area contributed by atoms with Crippen LogP contribution in [0.25, 0.3) is 11.3 Å². The molecule has 0 radical (unpaired) electrons. The fourth-order valence-corrected chi connectivity index (χ4v) is 3.50. The Balaban J connectivity index is 1.60. The van der Waals surface area contributed by atoms with Gasteiger partial charge in [0.1, 0.15) is 5.69 Å². The topological polar surface area (TPSA) is 89.0 Å². The molecule has 0 aliphatic carbocycles. The molecule has 140 valence electrons. The molecule has 27 heavy (non-hydrogen) atoms. The predicted octanol–water partition coefficient (Wildman–Crippen LogP) is 2.44. The molecule has 3 aliphatic heterocycles. The number of benzene rings is 1. The quantitative estimate of drug-likeness (QED) is 0.704. The number of aromatic amines is 1. The number of fused-ring (bicyclic) bond motifs is 1. The van der Waals surface area contributed by atoms with E-state index in [1.807, 2.05) is 22.8 Å². The average Bonchev–Trinajstić information content (AvgIpc) is 3.31. The summed E-state index contributed by atoms with van der Waals surface area (Å²) in [5, 5.41) is 9.88. The molecule has 1 unspecified atom stereocenters. The number of nitrogens with zero attached hydrogens (tertiary/aromatic N) is 2. The summed E-state index contributed by atoms with van der Waals surface area (Å²) < 4.78 is 7.49. The molecule has 8 heteroatoms. The SMILES string of the molecule is O=C(NCc1ccccc1Cl)c1cn(CC2CCCO2)cc2c(=O)[nH]nc1-2. The van der Waals surface area contributed by atoms with E-state index in [0.717, 1.165) is 25.0 Å². The van der Waals surface area contributed by atoms with Gasteiger partial charge in [0, 0.05) is 37.1 Å². The molecule has 2 N–H and O–H groups in total. The third-order valence-corrected chi connectivity index (χ3v) is 5.06. The van der Waals surface area contributed by atoms with Crippen LogP contribution < -0.4 is 10.9 Å². The third-order valence-electron chi connectivity index (χ3n) is 4.69. The fraction of sp³-hybridized carbons (Fsp3) is 0.316. The van der Waals surface area contributed by atoms with Crippen LogP contribution in [0.3, 0.4) is 0 Å². The van der Waals surface area contributed by atoms with E-state index in [-0.39, 0.29) is 24.1 Å². The van der Waals surface area contributed by atoms with Gasteiger partial charge in [-0.15, -0.1) is 0 Å². The highest BCUT2D eigenvalue weighted by Gasteiger charge is 2.23. The Bertz CT molecular complexity index is 991. The number of halogens is 1. The van der Waals surface area contributed by atoms with Gasteiger partial charge in [0.25, 0.3) is 11.5 Å². The normalized spacial score (nSPS) is 16.7. The van der Waals surface area contributed by atoms with Crippen LogP contribution in [0, 0.1) is 0 Å². The molecule has 1 fully saturated rings. The minimum absolute atomic E-state index is 0.0912. The summed E-state index contributed by atoms with van der Waals surface area (Å²) in [7, 11) is 0. The lowest BCUT2D eigenvalue weighted by molar-refractivity contribution is 0.0935. The predicted molar refractivity (Wildman–Crippen MR) is 101 cm³/mol. The highest BCUT2D eigenvalue weighted by Crippen LogP contribution is 2.22. The fourth-order valence-electron chi connectivity index (χ4n) is 3.30. The van der Waals surface area contributed by atoms with Crippen LogP contribution in [-0.4, -0.2) is 33.4 Å². The van der Waals surface area contributed by atoms with Crippen LogP contribution in [0.5, 0.6) is 0 Å². The van der Waals surface area contributed by atoms with Crippen molar-refractivity contribution in [3.63, 3.8) is 0 Å². The van der Waals surface area contributed by atoms with Gasteiger partial charge in [0.2, 0.25) is 0 Å². The highest BCUT2D eigenvalue weighted by atomic mass is 35.5. The maximum absolute atomic E-state index is 12.8. The second-order valence-electron chi connectivity index (χ2n) is 6.59. The molecule has 0 bridgehead atoms. The van der Waals surface area contributed by atoms with Crippen molar-refractivity contribution in [2.24, 2.45) is 0 Å².